The van der Waals surface area contributed by atoms with Crippen LogP contribution in [0.1, 0.15) is 15.9 Å². The minimum atomic E-state index is -0.991. The summed E-state index contributed by atoms with van der Waals surface area (Å²) >= 11 is 1.30. The normalized spacial score (nSPS) is 12.3. The maximum Gasteiger partial charge on any atom is 0.335 e. The summed E-state index contributed by atoms with van der Waals surface area (Å²) in [7, 11) is 0. The van der Waals surface area contributed by atoms with E-state index < -0.39 is 5.97 Å². The highest BCUT2D eigenvalue weighted by Crippen LogP contribution is 2.15. The number of benzene rings is 2. The maximum absolute atomic E-state index is 12.6. The summed E-state index contributed by atoms with van der Waals surface area (Å²) < 4.78 is 2.12. The van der Waals surface area contributed by atoms with Crippen LogP contribution in [0.3, 0.4) is 0 Å². The van der Waals surface area contributed by atoms with E-state index in [-0.39, 0.29) is 11.1 Å². The first-order chi connectivity index (χ1) is 11.1. The van der Waals surface area contributed by atoms with E-state index >= 15 is 0 Å². The van der Waals surface area contributed by atoms with E-state index in [1.165, 1.54) is 17.4 Å². The lowest BCUT2D eigenvalue weighted by Crippen LogP contribution is -2.22. The minimum Gasteiger partial charge on any atom is -0.478 e. The molecule has 23 heavy (non-hydrogen) atoms. The molecule has 0 fully saturated rings. The van der Waals surface area contributed by atoms with Crippen molar-refractivity contribution in [3.63, 3.8) is 0 Å². The molecule has 0 amide bonds. The fraction of sp³-hybridized carbons (Fsp3) is 0. The van der Waals surface area contributed by atoms with Crippen molar-refractivity contribution in [2.45, 2.75) is 0 Å². The number of aromatic nitrogens is 2. The molecule has 5 nitrogen and oxygen atoms in total. The Labute approximate surface area is 133 Å². The molecule has 2 aromatic heterocycles. The number of imidazole rings is 1. The third-order valence-corrected chi connectivity index (χ3v) is 4.55. The number of rotatable bonds is 2. The molecule has 0 unspecified atom stereocenters. The second kappa shape index (κ2) is 5.03. The Kier molecular flexibility index (Phi) is 2.99. The van der Waals surface area contributed by atoms with Gasteiger partial charge in [-0.15, -0.1) is 0 Å². The molecule has 0 atom stereocenters. The number of nitrogens with zero attached hydrogens (tertiary/aromatic N) is 2. The van der Waals surface area contributed by atoms with Crippen molar-refractivity contribution in [1.29, 1.82) is 0 Å². The van der Waals surface area contributed by atoms with Crippen molar-refractivity contribution in [3.8, 4) is 0 Å². The van der Waals surface area contributed by atoms with Gasteiger partial charge in [0.2, 0.25) is 0 Å². The zero-order valence-electron chi connectivity index (χ0n) is 11.8. The van der Waals surface area contributed by atoms with E-state index in [4.69, 9.17) is 5.11 Å². The van der Waals surface area contributed by atoms with Crippen LogP contribution in [-0.4, -0.2) is 20.5 Å². The molecule has 4 aromatic rings. The Morgan fingerprint density at radius 2 is 2.00 bits per heavy atom. The fourth-order valence-corrected chi connectivity index (χ4v) is 3.51. The van der Waals surface area contributed by atoms with Gasteiger partial charge in [-0.3, -0.25) is 4.79 Å². The van der Waals surface area contributed by atoms with E-state index in [0.29, 0.717) is 15.1 Å². The van der Waals surface area contributed by atoms with Crippen molar-refractivity contribution < 1.29 is 9.90 Å². The van der Waals surface area contributed by atoms with Gasteiger partial charge in [-0.05, 0) is 35.9 Å². The average molecular weight is 322 g/mol. The van der Waals surface area contributed by atoms with Crippen molar-refractivity contribution >= 4 is 39.4 Å². The Bertz CT molecular complexity index is 1170. The highest BCUT2D eigenvalue weighted by atomic mass is 32.1. The van der Waals surface area contributed by atoms with Gasteiger partial charge in [0, 0.05) is 0 Å². The second-order valence-electron chi connectivity index (χ2n) is 5.06. The van der Waals surface area contributed by atoms with E-state index in [1.807, 2.05) is 24.3 Å². The zero-order chi connectivity index (χ0) is 16.0. The van der Waals surface area contributed by atoms with Crippen molar-refractivity contribution in [3.05, 3.63) is 74.5 Å². The van der Waals surface area contributed by atoms with Gasteiger partial charge in [-0.25, -0.2) is 14.2 Å². The van der Waals surface area contributed by atoms with Crippen LogP contribution in [0.4, 0.5) is 0 Å². The molecule has 0 aliphatic heterocycles. The van der Waals surface area contributed by atoms with Crippen LogP contribution in [0.5, 0.6) is 0 Å². The maximum atomic E-state index is 12.6. The smallest absolute Gasteiger partial charge is 0.335 e. The minimum absolute atomic E-state index is 0.139. The molecule has 112 valence electrons. The molecule has 0 saturated heterocycles. The van der Waals surface area contributed by atoms with Crippen molar-refractivity contribution in [2.24, 2.45) is 0 Å². The lowest BCUT2D eigenvalue weighted by molar-refractivity contribution is 0.0697. The number of aromatic carboxylic acids is 1. The molecule has 2 heterocycles. The van der Waals surface area contributed by atoms with Gasteiger partial charge < -0.3 is 5.11 Å². The molecular formula is C17H10N2O3S. The molecule has 1 N–H and O–H groups in total. The van der Waals surface area contributed by atoms with Crippen LogP contribution in [0.15, 0.2) is 53.3 Å². The number of carboxylic acid groups (broad SMARTS) is 1. The van der Waals surface area contributed by atoms with E-state index in [2.05, 4.69) is 4.98 Å². The number of hydrogen-bond donors (Lipinski definition) is 1. The highest BCUT2D eigenvalue weighted by molar-refractivity contribution is 7.15. The quantitative estimate of drug-likeness (QED) is 0.614. The standard InChI is InChI=1S/C17H10N2O3S/c20-15-14(9-10-4-3-5-11(8-10)16(21)22)23-17-18-12-6-1-2-7-13(12)19(15)17/h1-9H,(H,21,22). The monoisotopic (exact) mass is 322 g/mol. The number of fused-ring (bicyclic) bond motifs is 3. The summed E-state index contributed by atoms with van der Waals surface area (Å²) in [6.45, 7) is 0. The Morgan fingerprint density at radius 1 is 1.17 bits per heavy atom. The average Bonchev–Trinajstić information content (AvgIpc) is 3.05. The SMILES string of the molecule is O=C(O)c1cccc(C=c2sc3nc4ccccc4n3c2=O)c1. The first-order valence-electron chi connectivity index (χ1n) is 6.88. The number of para-hydroxylation sites is 2. The highest BCUT2D eigenvalue weighted by Gasteiger charge is 2.10. The summed E-state index contributed by atoms with van der Waals surface area (Å²) in [5, 5.41) is 9.04. The molecule has 0 bridgehead atoms. The molecule has 4 rings (SSSR count). The molecule has 6 heteroatoms. The fourth-order valence-electron chi connectivity index (χ4n) is 2.52. The molecule has 0 spiro atoms. The number of thiazole rings is 1. The van der Waals surface area contributed by atoms with Crippen LogP contribution in [0, 0.1) is 0 Å². The first kappa shape index (κ1) is 13.7. The van der Waals surface area contributed by atoms with E-state index in [9.17, 15) is 9.59 Å². The predicted molar refractivity (Wildman–Crippen MR) is 89.0 cm³/mol. The first-order valence-corrected chi connectivity index (χ1v) is 7.70. The predicted octanol–water partition coefficient (Wildman–Crippen LogP) is 2.16. The molecule has 0 aliphatic rings. The summed E-state index contributed by atoms with van der Waals surface area (Å²) in [5.74, 6) is -0.991. The summed E-state index contributed by atoms with van der Waals surface area (Å²) in [6.07, 6.45) is 1.70. The largest absolute Gasteiger partial charge is 0.478 e. The molecule has 0 saturated carbocycles. The second-order valence-corrected chi connectivity index (χ2v) is 6.07. The van der Waals surface area contributed by atoms with Crippen LogP contribution in [0.25, 0.3) is 22.1 Å². The molecule has 2 aromatic carbocycles. The zero-order valence-corrected chi connectivity index (χ0v) is 12.6. The van der Waals surface area contributed by atoms with Crippen molar-refractivity contribution in [1.82, 2.24) is 9.38 Å². The summed E-state index contributed by atoms with van der Waals surface area (Å²) in [4.78, 5) is 28.7. The van der Waals surface area contributed by atoms with Gasteiger partial charge in [0.15, 0.2) is 4.96 Å². The van der Waals surface area contributed by atoms with Gasteiger partial charge in [-0.2, -0.15) is 0 Å². The Hall–Kier alpha value is -2.99. The molecular weight excluding hydrogens is 312 g/mol. The van der Waals surface area contributed by atoms with E-state index in [1.54, 1.807) is 28.7 Å². The lowest BCUT2D eigenvalue weighted by atomic mass is 10.1. The number of carbonyl (C=O) groups is 1. The van der Waals surface area contributed by atoms with Gasteiger partial charge in [0.25, 0.3) is 5.56 Å². The van der Waals surface area contributed by atoms with Gasteiger partial charge in [0.1, 0.15) is 0 Å². The summed E-state index contributed by atoms with van der Waals surface area (Å²) in [6, 6.07) is 14.0. The van der Waals surface area contributed by atoms with Gasteiger partial charge >= 0.3 is 5.97 Å². The van der Waals surface area contributed by atoms with Crippen LogP contribution in [0.2, 0.25) is 0 Å². The van der Waals surface area contributed by atoms with Gasteiger partial charge in [-0.1, -0.05) is 35.6 Å². The van der Waals surface area contributed by atoms with E-state index in [0.717, 1.165) is 11.0 Å². The van der Waals surface area contributed by atoms with Crippen LogP contribution >= 0.6 is 11.3 Å². The Balaban J connectivity index is 1.96. The summed E-state index contributed by atoms with van der Waals surface area (Å²) in [5.41, 5.74) is 2.30. The van der Waals surface area contributed by atoms with Crippen LogP contribution < -0.4 is 10.1 Å². The number of carboxylic acids is 1. The number of hydrogen-bond acceptors (Lipinski definition) is 4. The van der Waals surface area contributed by atoms with Gasteiger partial charge in [0.05, 0.1) is 21.1 Å². The molecule has 0 radical (unpaired) electrons. The van der Waals surface area contributed by atoms with Crippen molar-refractivity contribution in [2.75, 3.05) is 0 Å². The lowest BCUT2D eigenvalue weighted by Gasteiger charge is -1.95. The Morgan fingerprint density at radius 3 is 2.83 bits per heavy atom. The molecule has 0 aliphatic carbocycles. The third kappa shape index (κ3) is 2.20. The topological polar surface area (TPSA) is 71.7 Å². The third-order valence-electron chi connectivity index (χ3n) is 3.58. The van der Waals surface area contributed by atoms with Crippen LogP contribution in [-0.2, 0) is 0 Å².